The number of sulfonamides is 1. The van der Waals surface area contributed by atoms with Gasteiger partial charge in [-0.05, 0) is 24.5 Å². The standard InChI is InChI=1S/C13H17Cl2NO4S/c1-3-4-8(2)7-20-13(17)9-5-10(14)12(15)11(6-9)21(16,18)19/h5-6,8H,3-4,7H2,1-2H3,(H2,16,18,19). The van der Waals surface area contributed by atoms with E-state index < -0.39 is 20.9 Å². The van der Waals surface area contributed by atoms with Gasteiger partial charge < -0.3 is 4.74 Å². The Hall–Kier alpha value is -0.820. The van der Waals surface area contributed by atoms with Crippen LogP contribution in [-0.2, 0) is 14.8 Å². The van der Waals surface area contributed by atoms with Gasteiger partial charge in [-0.3, -0.25) is 0 Å². The van der Waals surface area contributed by atoms with Gasteiger partial charge in [0.05, 0.1) is 22.2 Å². The van der Waals surface area contributed by atoms with Gasteiger partial charge in [0, 0.05) is 0 Å². The van der Waals surface area contributed by atoms with Crippen molar-refractivity contribution >= 4 is 39.2 Å². The molecule has 118 valence electrons. The average molecular weight is 354 g/mol. The highest BCUT2D eigenvalue weighted by molar-refractivity contribution is 7.89. The maximum atomic E-state index is 11.9. The van der Waals surface area contributed by atoms with E-state index in [-0.39, 0.29) is 28.1 Å². The summed E-state index contributed by atoms with van der Waals surface area (Å²) in [5, 5.41) is 4.75. The van der Waals surface area contributed by atoms with Crippen LogP contribution in [0.4, 0.5) is 0 Å². The van der Waals surface area contributed by atoms with E-state index >= 15 is 0 Å². The topological polar surface area (TPSA) is 86.5 Å². The molecule has 1 rings (SSSR count). The molecule has 0 saturated carbocycles. The Morgan fingerprint density at radius 2 is 2.00 bits per heavy atom. The van der Waals surface area contributed by atoms with Gasteiger partial charge in [-0.15, -0.1) is 0 Å². The van der Waals surface area contributed by atoms with Crippen LogP contribution in [-0.4, -0.2) is 21.0 Å². The number of benzene rings is 1. The number of halogens is 2. The average Bonchev–Trinajstić information content (AvgIpc) is 2.38. The Balaban J connectivity index is 2.99. The molecule has 1 atom stereocenters. The molecule has 0 aliphatic heterocycles. The van der Waals surface area contributed by atoms with Crippen molar-refractivity contribution < 1.29 is 17.9 Å². The molecule has 0 aliphatic rings. The van der Waals surface area contributed by atoms with Crippen LogP contribution in [0, 0.1) is 5.92 Å². The fraction of sp³-hybridized carbons (Fsp3) is 0.462. The van der Waals surface area contributed by atoms with E-state index in [2.05, 4.69) is 0 Å². The first kappa shape index (κ1) is 18.2. The van der Waals surface area contributed by atoms with E-state index in [1.807, 2.05) is 13.8 Å². The van der Waals surface area contributed by atoms with Crippen molar-refractivity contribution in [1.82, 2.24) is 0 Å². The van der Waals surface area contributed by atoms with Crippen molar-refractivity contribution in [2.45, 2.75) is 31.6 Å². The minimum atomic E-state index is -4.08. The lowest BCUT2D eigenvalue weighted by molar-refractivity contribution is 0.0443. The van der Waals surface area contributed by atoms with Crippen LogP contribution >= 0.6 is 23.2 Å². The summed E-state index contributed by atoms with van der Waals surface area (Å²) < 4.78 is 28.0. The maximum absolute atomic E-state index is 11.9. The molecule has 0 aromatic heterocycles. The van der Waals surface area contributed by atoms with Gasteiger partial charge in [0.15, 0.2) is 0 Å². The molecule has 0 heterocycles. The van der Waals surface area contributed by atoms with E-state index in [9.17, 15) is 13.2 Å². The van der Waals surface area contributed by atoms with E-state index in [1.165, 1.54) is 6.07 Å². The number of hydrogen-bond acceptors (Lipinski definition) is 4. The van der Waals surface area contributed by atoms with Gasteiger partial charge in [-0.1, -0.05) is 43.5 Å². The van der Waals surface area contributed by atoms with Crippen molar-refractivity contribution in [3.63, 3.8) is 0 Å². The molecule has 0 saturated heterocycles. The summed E-state index contributed by atoms with van der Waals surface area (Å²) in [6.45, 7) is 4.24. The summed E-state index contributed by atoms with van der Waals surface area (Å²) in [4.78, 5) is 11.5. The SMILES string of the molecule is CCCC(C)COC(=O)c1cc(Cl)c(Cl)c(S(N)(=O)=O)c1. The summed E-state index contributed by atoms with van der Waals surface area (Å²) in [5.41, 5.74) is -0.00266. The first-order chi connectivity index (χ1) is 9.66. The van der Waals surface area contributed by atoms with Gasteiger partial charge in [0.1, 0.15) is 4.90 Å². The third kappa shape index (κ3) is 5.14. The van der Waals surface area contributed by atoms with Crippen LogP contribution in [0.5, 0.6) is 0 Å². The quantitative estimate of drug-likeness (QED) is 0.795. The number of ether oxygens (including phenoxy) is 1. The normalized spacial score (nSPS) is 13.0. The Morgan fingerprint density at radius 3 is 2.52 bits per heavy atom. The first-order valence-corrected chi connectivity index (χ1v) is 8.66. The van der Waals surface area contributed by atoms with E-state index in [4.69, 9.17) is 33.1 Å². The van der Waals surface area contributed by atoms with Gasteiger partial charge in [-0.2, -0.15) is 0 Å². The summed E-state index contributed by atoms with van der Waals surface area (Å²) in [7, 11) is -4.08. The second-order valence-corrected chi connectivity index (χ2v) is 7.12. The van der Waals surface area contributed by atoms with Crippen LogP contribution in [0.3, 0.4) is 0 Å². The zero-order chi connectivity index (χ0) is 16.2. The van der Waals surface area contributed by atoms with Crippen LogP contribution in [0.2, 0.25) is 10.0 Å². The molecule has 8 heteroatoms. The lowest BCUT2D eigenvalue weighted by atomic mass is 10.1. The maximum Gasteiger partial charge on any atom is 0.338 e. The number of nitrogens with two attached hydrogens (primary N) is 1. The molecule has 0 radical (unpaired) electrons. The number of rotatable bonds is 6. The number of primary sulfonamides is 1. The van der Waals surface area contributed by atoms with Crippen molar-refractivity contribution in [2.24, 2.45) is 11.1 Å². The first-order valence-electron chi connectivity index (χ1n) is 6.35. The van der Waals surface area contributed by atoms with Crippen molar-refractivity contribution in [2.75, 3.05) is 6.61 Å². The molecule has 0 spiro atoms. The van der Waals surface area contributed by atoms with Crippen LogP contribution < -0.4 is 5.14 Å². The minimum Gasteiger partial charge on any atom is -0.462 e. The highest BCUT2D eigenvalue weighted by Crippen LogP contribution is 2.30. The molecule has 2 N–H and O–H groups in total. The molecule has 1 aromatic carbocycles. The highest BCUT2D eigenvalue weighted by atomic mass is 35.5. The zero-order valence-electron chi connectivity index (χ0n) is 11.7. The van der Waals surface area contributed by atoms with Gasteiger partial charge in [0.25, 0.3) is 0 Å². The monoisotopic (exact) mass is 353 g/mol. The summed E-state index contributed by atoms with van der Waals surface area (Å²) >= 11 is 11.6. The Labute approximate surface area is 134 Å². The minimum absolute atomic E-state index is 0.00266. The van der Waals surface area contributed by atoms with Crippen molar-refractivity contribution in [3.05, 3.63) is 27.7 Å². The van der Waals surface area contributed by atoms with E-state index in [0.717, 1.165) is 18.9 Å². The summed E-state index contributed by atoms with van der Waals surface area (Å²) in [6, 6.07) is 2.32. The third-order valence-corrected chi connectivity index (χ3v) is 4.67. The van der Waals surface area contributed by atoms with Gasteiger partial charge >= 0.3 is 5.97 Å². The molecular weight excluding hydrogens is 337 g/mol. The Kier molecular flexibility index (Phi) is 6.46. The molecule has 1 unspecified atom stereocenters. The Bertz CT molecular complexity index is 631. The predicted molar refractivity (Wildman–Crippen MR) is 82.2 cm³/mol. The molecule has 21 heavy (non-hydrogen) atoms. The third-order valence-electron chi connectivity index (χ3n) is 2.82. The number of hydrogen-bond donors (Lipinski definition) is 1. The molecule has 0 amide bonds. The van der Waals surface area contributed by atoms with Crippen molar-refractivity contribution in [3.8, 4) is 0 Å². The molecule has 0 fully saturated rings. The summed E-state index contributed by atoms with van der Waals surface area (Å²) in [5.74, 6) is -0.444. The second-order valence-electron chi connectivity index (χ2n) is 4.81. The molecule has 0 aliphatic carbocycles. The van der Waals surface area contributed by atoms with Gasteiger partial charge in [0.2, 0.25) is 10.0 Å². The smallest absolute Gasteiger partial charge is 0.338 e. The fourth-order valence-electron chi connectivity index (χ4n) is 1.77. The fourth-order valence-corrected chi connectivity index (χ4v) is 3.12. The molecule has 1 aromatic rings. The zero-order valence-corrected chi connectivity index (χ0v) is 14.1. The molecule has 5 nitrogen and oxygen atoms in total. The second kappa shape index (κ2) is 7.45. The highest BCUT2D eigenvalue weighted by Gasteiger charge is 2.20. The molecule has 0 bridgehead atoms. The van der Waals surface area contributed by atoms with Crippen molar-refractivity contribution in [1.29, 1.82) is 0 Å². The predicted octanol–water partition coefficient (Wildman–Crippen LogP) is 3.23. The van der Waals surface area contributed by atoms with Crippen LogP contribution in [0.25, 0.3) is 0 Å². The van der Waals surface area contributed by atoms with E-state index in [1.54, 1.807) is 0 Å². The molecular formula is C13H17Cl2NO4S. The van der Waals surface area contributed by atoms with Crippen LogP contribution in [0.1, 0.15) is 37.0 Å². The van der Waals surface area contributed by atoms with Crippen LogP contribution in [0.15, 0.2) is 17.0 Å². The largest absolute Gasteiger partial charge is 0.462 e. The Morgan fingerprint density at radius 1 is 1.38 bits per heavy atom. The number of carbonyl (C=O) groups is 1. The van der Waals surface area contributed by atoms with Gasteiger partial charge in [-0.25, -0.2) is 18.4 Å². The number of carbonyl (C=O) groups excluding carboxylic acids is 1. The van der Waals surface area contributed by atoms with E-state index in [0.29, 0.717) is 0 Å². The number of esters is 1. The lowest BCUT2D eigenvalue weighted by Gasteiger charge is -2.12. The lowest BCUT2D eigenvalue weighted by Crippen LogP contribution is -2.16. The summed E-state index contributed by atoms with van der Waals surface area (Å²) in [6.07, 6.45) is 1.91.